The standard InChI is InChI=1S/C15H26N2O4/c1-12-10-21-8-7-17(12)14(20)16-11-15(9-13(18)19)5-3-2-4-6-15/h12H,2-11H2,1H3,(H,16,20)(H,18,19). The number of carboxylic acids is 1. The second-order valence-corrected chi connectivity index (χ2v) is 6.41. The van der Waals surface area contributed by atoms with E-state index in [9.17, 15) is 9.59 Å². The molecule has 6 nitrogen and oxygen atoms in total. The highest BCUT2D eigenvalue weighted by atomic mass is 16.5. The summed E-state index contributed by atoms with van der Waals surface area (Å²) in [6.45, 7) is 4.15. The molecule has 1 unspecified atom stereocenters. The number of aliphatic carboxylic acids is 1. The number of ether oxygens (including phenoxy) is 1. The highest BCUT2D eigenvalue weighted by Crippen LogP contribution is 2.38. The van der Waals surface area contributed by atoms with Gasteiger partial charge in [0.25, 0.3) is 0 Å². The quantitative estimate of drug-likeness (QED) is 0.830. The van der Waals surface area contributed by atoms with Gasteiger partial charge >= 0.3 is 12.0 Å². The Labute approximate surface area is 125 Å². The molecule has 1 saturated heterocycles. The van der Waals surface area contributed by atoms with Gasteiger partial charge in [0.2, 0.25) is 0 Å². The number of nitrogens with one attached hydrogen (secondary N) is 1. The van der Waals surface area contributed by atoms with Crippen molar-refractivity contribution >= 4 is 12.0 Å². The largest absolute Gasteiger partial charge is 0.481 e. The molecule has 2 N–H and O–H groups in total. The SMILES string of the molecule is CC1COCCN1C(=O)NCC1(CC(=O)O)CCCCC1. The lowest BCUT2D eigenvalue weighted by atomic mass is 9.72. The highest BCUT2D eigenvalue weighted by Gasteiger charge is 2.35. The summed E-state index contributed by atoms with van der Waals surface area (Å²) in [5.74, 6) is -0.772. The molecule has 0 aromatic heterocycles. The fraction of sp³-hybridized carbons (Fsp3) is 0.867. The van der Waals surface area contributed by atoms with Crippen molar-refractivity contribution in [3.63, 3.8) is 0 Å². The number of carbonyl (C=O) groups excluding carboxylic acids is 1. The second kappa shape index (κ2) is 7.11. The molecule has 1 heterocycles. The molecule has 120 valence electrons. The van der Waals surface area contributed by atoms with Crippen molar-refractivity contribution in [3.8, 4) is 0 Å². The summed E-state index contributed by atoms with van der Waals surface area (Å²) < 4.78 is 5.33. The summed E-state index contributed by atoms with van der Waals surface area (Å²) in [6, 6.07) is -0.0262. The minimum atomic E-state index is -0.772. The summed E-state index contributed by atoms with van der Waals surface area (Å²) in [5.41, 5.74) is -0.269. The van der Waals surface area contributed by atoms with Crippen LogP contribution in [0.2, 0.25) is 0 Å². The van der Waals surface area contributed by atoms with Gasteiger partial charge in [-0.05, 0) is 25.2 Å². The lowest BCUT2D eigenvalue weighted by Crippen LogP contribution is -2.53. The predicted octanol–water partition coefficient (Wildman–Crippen LogP) is 1.84. The van der Waals surface area contributed by atoms with Crippen LogP contribution in [0.25, 0.3) is 0 Å². The van der Waals surface area contributed by atoms with E-state index >= 15 is 0 Å². The third-order valence-corrected chi connectivity index (χ3v) is 4.68. The smallest absolute Gasteiger partial charge is 0.317 e. The minimum absolute atomic E-state index is 0.0699. The second-order valence-electron chi connectivity index (χ2n) is 6.41. The van der Waals surface area contributed by atoms with Crippen LogP contribution in [0.4, 0.5) is 4.79 Å². The third-order valence-electron chi connectivity index (χ3n) is 4.68. The Morgan fingerprint density at radius 1 is 1.33 bits per heavy atom. The Kier molecular flexibility index (Phi) is 5.45. The Morgan fingerprint density at radius 2 is 2.05 bits per heavy atom. The molecule has 1 saturated carbocycles. The molecule has 6 heteroatoms. The van der Waals surface area contributed by atoms with Crippen LogP contribution in [0.15, 0.2) is 0 Å². The van der Waals surface area contributed by atoms with Gasteiger partial charge in [0.05, 0.1) is 25.7 Å². The number of hydrogen-bond acceptors (Lipinski definition) is 3. The van der Waals surface area contributed by atoms with Gasteiger partial charge in [0.15, 0.2) is 0 Å². The summed E-state index contributed by atoms with van der Waals surface area (Å²) >= 11 is 0. The lowest BCUT2D eigenvalue weighted by molar-refractivity contribution is -0.140. The molecule has 0 aromatic rings. The van der Waals surface area contributed by atoms with Crippen LogP contribution < -0.4 is 5.32 Å². The third kappa shape index (κ3) is 4.33. The zero-order chi connectivity index (χ0) is 15.3. The Morgan fingerprint density at radius 3 is 2.67 bits per heavy atom. The lowest BCUT2D eigenvalue weighted by Gasteiger charge is -2.38. The number of nitrogens with zero attached hydrogens (tertiary/aromatic N) is 1. The van der Waals surface area contributed by atoms with Crippen LogP contribution in [0.3, 0.4) is 0 Å². The summed E-state index contributed by atoms with van der Waals surface area (Å²) in [7, 11) is 0. The van der Waals surface area contributed by atoms with E-state index < -0.39 is 5.97 Å². The number of hydrogen-bond donors (Lipinski definition) is 2. The Bertz CT molecular complexity index is 380. The molecule has 0 bridgehead atoms. The molecule has 2 fully saturated rings. The van der Waals surface area contributed by atoms with Crippen LogP contribution >= 0.6 is 0 Å². The van der Waals surface area contributed by atoms with E-state index in [4.69, 9.17) is 9.84 Å². The van der Waals surface area contributed by atoms with E-state index in [1.54, 1.807) is 4.90 Å². The van der Waals surface area contributed by atoms with E-state index in [1.165, 1.54) is 0 Å². The molecule has 2 aliphatic rings. The molecule has 1 aliphatic carbocycles. The number of carbonyl (C=O) groups is 2. The molecule has 1 atom stereocenters. The summed E-state index contributed by atoms with van der Waals surface area (Å²) in [4.78, 5) is 25.2. The topological polar surface area (TPSA) is 78.9 Å². The van der Waals surface area contributed by atoms with Crippen LogP contribution in [0, 0.1) is 5.41 Å². The minimum Gasteiger partial charge on any atom is -0.481 e. The van der Waals surface area contributed by atoms with Gasteiger partial charge in [0.1, 0.15) is 0 Å². The van der Waals surface area contributed by atoms with Gasteiger partial charge in [-0.25, -0.2) is 4.79 Å². The molecule has 2 rings (SSSR count). The first-order chi connectivity index (χ1) is 10.0. The predicted molar refractivity (Wildman–Crippen MR) is 78.2 cm³/mol. The van der Waals surface area contributed by atoms with Crippen LogP contribution in [-0.4, -0.2) is 54.4 Å². The normalized spacial score (nSPS) is 25.4. The van der Waals surface area contributed by atoms with Gasteiger partial charge in [-0.2, -0.15) is 0 Å². The van der Waals surface area contributed by atoms with Gasteiger partial charge < -0.3 is 20.1 Å². The van der Waals surface area contributed by atoms with Crippen molar-refractivity contribution in [1.82, 2.24) is 10.2 Å². The Hall–Kier alpha value is -1.30. The molecular weight excluding hydrogens is 272 g/mol. The van der Waals surface area contributed by atoms with Gasteiger partial charge in [-0.1, -0.05) is 19.3 Å². The van der Waals surface area contributed by atoms with Gasteiger partial charge in [-0.15, -0.1) is 0 Å². The zero-order valence-corrected chi connectivity index (χ0v) is 12.8. The number of amides is 2. The van der Waals surface area contributed by atoms with Crippen molar-refractivity contribution in [1.29, 1.82) is 0 Å². The average molecular weight is 298 g/mol. The van der Waals surface area contributed by atoms with Crippen molar-refractivity contribution in [2.24, 2.45) is 5.41 Å². The summed E-state index contributed by atoms with van der Waals surface area (Å²) in [6.07, 6.45) is 5.19. The fourth-order valence-corrected chi connectivity index (χ4v) is 3.43. The number of urea groups is 1. The fourth-order valence-electron chi connectivity index (χ4n) is 3.43. The maximum absolute atomic E-state index is 12.3. The molecule has 2 amide bonds. The van der Waals surface area contributed by atoms with Gasteiger partial charge in [-0.3, -0.25) is 4.79 Å². The van der Waals surface area contributed by atoms with Crippen LogP contribution in [-0.2, 0) is 9.53 Å². The zero-order valence-electron chi connectivity index (χ0n) is 12.8. The summed E-state index contributed by atoms with van der Waals surface area (Å²) in [5, 5.41) is 12.1. The molecule has 0 spiro atoms. The van der Waals surface area contributed by atoms with E-state index in [-0.39, 0.29) is 23.9 Å². The van der Waals surface area contributed by atoms with E-state index in [0.717, 1.165) is 32.1 Å². The first-order valence-electron chi connectivity index (χ1n) is 7.86. The molecule has 21 heavy (non-hydrogen) atoms. The van der Waals surface area contributed by atoms with Crippen LogP contribution in [0.5, 0.6) is 0 Å². The van der Waals surface area contributed by atoms with Crippen LogP contribution in [0.1, 0.15) is 45.4 Å². The first-order valence-corrected chi connectivity index (χ1v) is 7.86. The molecule has 0 radical (unpaired) electrons. The number of carboxylic acid groups (broad SMARTS) is 1. The maximum atomic E-state index is 12.3. The van der Waals surface area contributed by atoms with E-state index in [1.807, 2.05) is 6.92 Å². The van der Waals surface area contributed by atoms with Crippen molar-refractivity contribution < 1.29 is 19.4 Å². The molecule has 0 aromatic carbocycles. The van der Waals surface area contributed by atoms with Gasteiger partial charge in [0, 0.05) is 13.1 Å². The maximum Gasteiger partial charge on any atom is 0.317 e. The first kappa shape index (κ1) is 16.1. The van der Waals surface area contributed by atoms with Crippen molar-refractivity contribution in [3.05, 3.63) is 0 Å². The number of morpholine rings is 1. The van der Waals surface area contributed by atoms with Crippen molar-refractivity contribution in [2.45, 2.75) is 51.5 Å². The average Bonchev–Trinajstić information content (AvgIpc) is 2.46. The monoisotopic (exact) mass is 298 g/mol. The number of rotatable bonds is 4. The van der Waals surface area contributed by atoms with Crippen molar-refractivity contribution in [2.75, 3.05) is 26.3 Å². The van der Waals surface area contributed by atoms with E-state index in [2.05, 4.69) is 5.32 Å². The molecule has 1 aliphatic heterocycles. The molecular formula is C15H26N2O4. The Balaban J connectivity index is 1.91. The van der Waals surface area contributed by atoms with E-state index in [0.29, 0.717) is 26.3 Å². The highest BCUT2D eigenvalue weighted by molar-refractivity contribution is 5.75.